The van der Waals surface area contributed by atoms with Crippen LogP contribution in [0.15, 0.2) is 22.9 Å². The van der Waals surface area contributed by atoms with E-state index in [0.29, 0.717) is 17.5 Å². The topological polar surface area (TPSA) is 87.1 Å². The minimum Gasteiger partial charge on any atom is -0.360 e. The van der Waals surface area contributed by atoms with Gasteiger partial charge in [0.05, 0.1) is 6.04 Å². The van der Waals surface area contributed by atoms with Gasteiger partial charge in [-0.1, -0.05) is 24.9 Å². The summed E-state index contributed by atoms with van der Waals surface area (Å²) in [4.78, 5) is 15.1. The maximum atomic E-state index is 12.8. The lowest BCUT2D eigenvalue weighted by molar-refractivity contribution is -0.122. The summed E-state index contributed by atoms with van der Waals surface area (Å²) in [7, 11) is 0. The molecular formula is C18H27N5O2. The molecule has 7 heteroatoms. The van der Waals surface area contributed by atoms with Gasteiger partial charge in [0.25, 0.3) is 0 Å². The summed E-state index contributed by atoms with van der Waals surface area (Å²) < 4.78 is 5.04. The van der Waals surface area contributed by atoms with E-state index in [2.05, 4.69) is 38.6 Å². The number of H-pyrrole nitrogens is 1. The lowest BCUT2D eigenvalue weighted by atomic mass is 9.92. The second-order valence-electron chi connectivity index (χ2n) is 6.79. The Kier molecular flexibility index (Phi) is 5.86. The van der Waals surface area contributed by atoms with Crippen LogP contribution >= 0.6 is 0 Å². The van der Waals surface area contributed by atoms with Crippen LogP contribution in [0, 0.1) is 6.92 Å². The number of carbonyl (C=O) groups excluding carboxylic acids is 1. The summed E-state index contributed by atoms with van der Waals surface area (Å²) in [5, 5.41) is 13.9. The van der Waals surface area contributed by atoms with Crippen molar-refractivity contribution in [2.24, 2.45) is 0 Å². The third kappa shape index (κ3) is 4.48. The molecule has 0 aliphatic carbocycles. The summed E-state index contributed by atoms with van der Waals surface area (Å²) in [5.41, 5.74) is 1.20. The van der Waals surface area contributed by atoms with Crippen LogP contribution in [-0.2, 0) is 4.79 Å². The Bertz CT molecular complexity index is 659. The van der Waals surface area contributed by atoms with Crippen molar-refractivity contribution in [1.82, 2.24) is 20.3 Å². The number of unbranched alkanes of at least 4 members (excludes halogenated alkanes) is 1. The molecule has 0 spiro atoms. The lowest BCUT2D eigenvalue weighted by Crippen LogP contribution is -2.47. The van der Waals surface area contributed by atoms with Gasteiger partial charge in [-0.25, -0.2) is 0 Å². The molecule has 0 saturated carbocycles. The van der Waals surface area contributed by atoms with Crippen molar-refractivity contribution in [3.63, 3.8) is 0 Å². The van der Waals surface area contributed by atoms with E-state index in [1.807, 2.05) is 6.92 Å². The number of carbonyl (C=O) groups is 1. The first-order valence-corrected chi connectivity index (χ1v) is 9.15. The maximum absolute atomic E-state index is 12.8. The van der Waals surface area contributed by atoms with Crippen molar-refractivity contribution in [3.8, 4) is 0 Å². The van der Waals surface area contributed by atoms with E-state index < -0.39 is 0 Å². The number of aromatic amines is 1. The molecule has 2 aromatic heterocycles. The van der Waals surface area contributed by atoms with Crippen molar-refractivity contribution < 1.29 is 9.32 Å². The number of hydrogen-bond acceptors (Lipinski definition) is 5. The van der Waals surface area contributed by atoms with Gasteiger partial charge in [-0.3, -0.25) is 14.8 Å². The van der Waals surface area contributed by atoms with E-state index in [0.717, 1.165) is 45.2 Å². The second-order valence-corrected chi connectivity index (χ2v) is 6.79. The SMILES string of the molecule is CCCCC(C(=O)Nc1cc(C)on1)N1CCC(c2ccn[nH]2)CC1. The summed E-state index contributed by atoms with van der Waals surface area (Å²) in [6, 6.07) is 3.69. The average Bonchev–Trinajstić information content (AvgIpc) is 3.28. The molecule has 2 N–H and O–H groups in total. The zero-order valence-corrected chi connectivity index (χ0v) is 15.0. The summed E-state index contributed by atoms with van der Waals surface area (Å²) in [6.07, 6.45) is 6.88. The Morgan fingerprint density at radius 1 is 1.48 bits per heavy atom. The van der Waals surface area contributed by atoms with E-state index in [9.17, 15) is 4.79 Å². The predicted molar refractivity (Wildman–Crippen MR) is 95.3 cm³/mol. The summed E-state index contributed by atoms with van der Waals surface area (Å²) in [5.74, 6) is 1.71. The Hall–Kier alpha value is -2.15. The molecule has 1 atom stereocenters. The molecule has 1 aliphatic rings. The highest BCUT2D eigenvalue weighted by Crippen LogP contribution is 2.28. The van der Waals surface area contributed by atoms with Crippen LogP contribution in [0.3, 0.4) is 0 Å². The molecule has 0 aromatic carbocycles. The fourth-order valence-corrected chi connectivity index (χ4v) is 3.53. The van der Waals surface area contributed by atoms with E-state index in [1.165, 1.54) is 5.69 Å². The van der Waals surface area contributed by atoms with Crippen LogP contribution in [0.25, 0.3) is 0 Å². The van der Waals surface area contributed by atoms with E-state index >= 15 is 0 Å². The van der Waals surface area contributed by atoms with Crippen molar-refractivity contribution in [2.75, 3.05) is 18.4 Å². The van der Waals surface area contributed by atoms with Gasteiger partial charge in [-0.05, 0) is 45.3 Å². The molecule has 2 aromatic rings. The first kappa shape index (κ1) is 17.7. The molecule has 136 valence electrons. The van der Waals surface area contributed by atoms with Crippen molar-refractivity contribution in [1.29, 1.82) is 0 Å². The molecule has 3 rings (SSSR count). The molecule has 0 bridgehead atoms. The predicted octanol–water partition coefficient (Wildman–Crippen LogP) is 3.08. The number of nitrogens with one attached hydrogen (secondary N) is 2. The van der Waals surface area contributed by atoms with Gasteiger partial charge < -0.3 is 9.84 Å². The highest BCUT2D eigenvalue weighted by atomic mass is 16.5. The number of rotatable bonds is 7. The maximum Gasteiger partial charge on any atom is 0.242 e. The summed E-state index contributed by atoms with van der Waals surface area (Å²) in [6.45, 7) is 5.81. The van der Waals surface area contributed by atoms with Crippen LogP contribution < -0.4 is 5.32 Å². The second kappa shape index (κ2) is 8.29. The molecule has 25 heavy (non-hydrogen) atoms. The Balaban J connectivity index is 1.61. The van der Waals surface area contributed by atoms with Gasteiger partial charge in [-0.15, -0.1) is 0 Å². The minimum absolute atomic E-state index is 0.0155. The minimum atomic E-state index is -0.111. The Labute approximate surface area is 148 Å². The fraction of sp³-hybridized carbons (Fsp3) is 0.611. The van der Waals surface area contributed by atoms with Crippen LogP contribution in [0.1, 0.15) is 56.4 Å². The first-order valence-electron chi connectivity index (χ1n) is 9.15. The largest absolute Gasteiger partial charge is 0.360 e. The van der Waals surface area contributed by atoms with Gasteiger partial charge in [0.1, 0.15) is 5.76 Å². The third-order valence-electron chi connectivity index (χ3n) is 4.95. The van der Waals surface area contributed by atoms with Crippen LogP contribution in [0.5, 0.6) is 0 Å². The van der Waals surface area contributed by atoms with Gasteiger partial charge >= 0.3 is 0 Å². The van der Waals surface area contributed by atoms with Crippen molar-refractivity contribution >= 4 is 11.7 Å². The summed E-state index contributed by atoms with van der Waals surface area (Å²) >= 11 is 0. The van der Waals surface area contributed by atoms with Crippen molar-refractivity contribution in [3.05, 3.63) is 29.8 Å². The number of hydrogen-bond donors (Lipinski definition) is 2. The quantitative estimate of drug-likeness (QED) is 0.805. The molecule has 7 nitrogen and oxygen atoms in total. The first-order chi connectivity index (χ1) is 12.2. The average molecular weight is 345 g/mol. The Morgan fingerprint density at radius 2 is 2.28 bits per heavy atom. The number of aryl methyl sites for hydroxylation is 1. The van der Waals surface area contributed by atoms with Crippen molar-refractivity contribution in [2.45, 2.75) is 57.9 Å². The zero-order valence-electron chi connectivity index (χ0n) is 15.0. The van der Waals surface area contributed by atoms with Gasteiger partial charge in [-0.2, -0.15) is 5.10 Å². The molecule has 1 unspecified atom stereocenters. The fourth-order valence-electron chi connectivity index (χ4n) is 3.53. The molecular weight excluding hydrogens is 318 g/mol. The molecule has 1 amide bonds. The van der Waals surface area contributed by atoms with Gasteiger partial charge in [0.2, 0.25) is 5.91 Å². The number of piperidine rings is 1. The van der Waals surface area contributed by atoms with Gasteiger partial charge in [0.15, 0.2) is 5.82 Å². The number of anilines is 1. The standard InChI is InChI=1S/C18H27N5O2/c1-3-4-5-16(18(24)20-17-12-13(2)25-22-17)23-10-7-14(8-11-23)15-6-9-19-21-15/h6,9,12,14,16H,3-5,7-8,10-11H2,1-2H3,(H,19,21)(H,20,22,24). The number of amides is 1. The van der Waals surface area contributed by atoms with Crippen LogP contribution in [0.4, 0.5) is 5.82 Å². The third-order valence-corrected chi connectivity index (χ3v) is 4.95. The van der Waals surface area contributed by atoms with E-state index in [4.69, 9.17) is 4.52 Å². The number of nitrogens with zero attached hydrogens (tertiary/aromatic N) is 3. The molecule has 0 radical (unpaired) electrons. The number of likely N-dealkylation sites (tertiary alicyclic amines) is 1. The monoisotopic (exact) mass is 345 g/mol. The molecule has 1 saturated heterocycles. The van der Waals surface area contributed by atoms with Gasteiger partial charge in [0, 0.05) is 23.9 Å². The van der Waals surface area contributed by atoms with E-state index in [-0.39, 0.29) is 11.9 Å². The highest BCUT2D eigenvalue weighted by Gasteiger charge is 2.30. The highest BCUT2D eigenvalue weighted by molar-refractivity contribution is 5.94. The van der Waals surface area contributed by atoms with E-state index in [1.54, 1.807) is 12.3 Å². The van der Waals surface area contributed by atoms with Crippen LogP contribution in [0.2, 0.25) is 0 Å². The molecule has 3 heterocycles. The smallest absolute Gasteiger partial charge is 0.242 e. The lowest BCUT2D eigenvalue weighted by Gasteiger charge is -2.36. The molecule has 1 aliphatic heterocycles. The van der Waals surface area contributed by atoms with Crippen LogP contribution in [-0.4, -0.2) is 45.3 Å². The normalized spacial score (nSPS) is 17.5. The molecule has 1 fully saturated rings. The zero-order chi connectivity index (χ0) is 17.6. The number of aromatic nitrogens is 3. The Morgan fingerprint density at radius 3 is 2.88 bits per heavy atom.